The van der Waals surface area contributed by atoms with Crippen LogP contribution >= 0.6 is 0 Å². The molecule has 62 valence electrons. The van der Waals surface area contributed by atoms with Crippen LogP contribution in [-0.2, 0) is 9.53 Å². The van der Waals surface area contributed by atoms with Gasteiger partial charge in [-0.3, -0.25) is 9.69 Å². The normalized spacial score (nSPS) is 20.2. The molecule has 0 spiro atoms. The summed E-state index contributed by atoms with van der Waals surface area (Å²) in [5, 5.41) is 0. The molecule has 0 saturated carbocycles. The summed E-state index contributed by atoms with van der Waals surface area (Å²) >= 11 is 0. The Kier molecular flexibility index (Phi) is 2.65. The Morgan fingerprint density at radius 1 is 1.55 bits per heavy atom. The first kappa shape index (κ1) is 8.27. The van der Waals surface area contributed by atoms with Crippen molar-refractivity contribution in [2.24, 2.45) is 0 Å². The minimum atomic E-state index is -0.159. The fraction of sp³-hybridized carbons (Fsp3) is 0.625. The zero-order valence-corrected chi connectivity index (χ0v) is 6.91. The fourth-order valence-electron chi connectivity index (χ4n) is 1.13. The average Bonchev–Trinajstić information content (AvgIpc) is 2.53. The molecule has 0 aliphatic carbocycles. The van der Waals surface area contributed by atoms with E-state index in [0.717, 1.165) is 13.1 Å². The molecule has 0 N–H and O–H groups in total. The third kappa shape index (κ3) is 1.80. The Morgan fingerprint density at radius 3 is 2.55 bits per heavy atom. The molecule has 0 aromatic heterocycles. The molecule has 0 saturated heterocycles. The Bertz CT molecular complexity index is 169. The summed E-state index contributed by atoms with van der Waals surface area (Å²) in [5.41, 5.74) is 0. The number of carbonyl (C=O) groups excluding carboxylic acids is 1. The molecule has 0 radical (unpaired) electrons. The van der Waals surface area contributed by atoms with Crippen molar-refractivity contribution in [3.8, 4) is 0 Å². The van der Waals surface area contributed by atoms with E-state index in [1.807, 2.05) is 11.8 Å². The first-order valence-electron chi connectivity index (χ1n) is 3.72. The van der Waals surface area contributed by atoms with Crippen molar-refractivity contribution in [2.75, 3.05) is 20.2 Å². The zero-order chi connectivity index (χ0) is 8.27. The number of ether oxygens (including phenoxy) is 1. The summed E-state index contributed by atoms with van der Waals surface area (Å²) in [5.74, 6) is -0.159. The van der Waals surface area contributed by atoms with Crippen molar-refractivity contribution in [3.63, 3.8) is 0 Å². The Hall–Kier alpha value is -0.830. The highest BCUT2D eigenvalue weighted by Crippen LogP contribution is 2.05. The molecule has 0 unspecified atom stereocenters. The fourth-order valence-corrected chi connectivity index (χ4v) is 1.13. The highest BCUT2D eigenvalue weighted by Gasteiger charge is 2.21. The molecule has 0 aromatic carbocycles. The Morgan fingerprint density at radius 2 is 2.09 bits per heavy atom. The van der Waals surface area contributed by atoms with Gasteiger partial charge in [0.25, 0.3) is 0 Å². The summed E-state index contributed by atoms with van der Waals surface area (Å²) < 4.78 is 4.62. The van der Waals surface area contributed by atoms with Crippen molar-refractivity contribution in [2.45, 2.75) is 13.0 Å². The van der Waals surface area contributed by atoms with Crippen molar-refractivity contribution < 1.29 is 9.53 Å². The highest BCUT2D eigenvalue weighted by atomic mass is 16.5. The molecule has 1 atom stereocenters. The molecule has 11 heavy (non-hydrogen) atoms. The van der Waals surface area contributed by atoms with Gasteiger partial charge in [0.1, 0.15) is 6.04 Å². The highest BCUT2D eigenvalue weighted by molar-refractivity contribution is 5.75. The van der Waals surface area contributed by atoms with Gasteiger partial charge in [-0.25, -0.2) is 0 Å². The van der Waals surface area contributed by atoms with Gasteiger partial charge < -0.3 is 4.74 Å². The smallest absolute Gasteiger partial charge is 0.322 e. The maximum absolute atomic E-state index is 11.0. The van der Waals surface area contributed by atoms with E-state index < -0.39 is 0 Å². The third-order valence-corrected chi connectivity index (χ3v) is 1.94. The van der Waals surface area contributed by atoms with Crippen LogP contribution < -0.4 is 0 Å². The number of hydrogen-bond donors (Lipinski definition) is 0. The summed E-state index contributed by atoms with van der Waals surface area (Å²) in [6.07, 6.45) is 4.11. The minimum Gasteiger partial charge on any atom is -0.468 e. The quantitative estimate of drug-likeness (QED) is 0.427. The van der Waals surface area contributed by atoms with Crippen molar-refractivity contribution in [1.29, 1.82) is 0 Å². The summed E-state index contributed by atoms with van der Waals surface area (Å²) in [4.78, 5) is 13.1. The van der Waals surface area contributed by atoms with E-state index in [1.54, 1.807) is 0 Å². The standard InChI is InChI=1S/C8H13NO2/c1-7(8(10)11-2)9-5-3-4-6-9/h3-4,7H,5-6H2,1-2H3/t7-/m0/s1. The zero-order valence-electron chi connectivity index (χ0n) is 6.91. The monoisotopic (exact) mass is 155 g/mol. The number of rotatable bonds is 2. The molecule has 0 aromatic rings. The molecular weight excluding hydrogens is 142 g/mol. The SMILES string of the molecule is COC(=O)[C@H](C)N1CC=CC1. The second-order valence-electron chi connectivity index (χ2n) is 2.62. The van der Waals surface area contributed by atoms with Gasteiger partial charge >= 0.3 is 5.97 Å². The summed E-state index contributed by atoms with van der Waals surface area (Å²) in [6.45, 7) is 3.57. The van der Waals surface area contributed by atoms with E-state index in [0.29, 0.717) is 0 Å². The minimum absolute atomic E-state index is 0.116. The van der Waals surface area contributed by atoms with Crippen LogP contribution in [0.3, 0.4) is 0 Å². The Labute approximate surface area is 66.6 Å². The van der Waals surface area contributed by atoms with Crippen LogP contribution in [0.2, 0.25) is 0 Å². The van der Waals surface area contributed by atoms with E-state index in [-0.39, 0.29) is 12.0 Å². The van der Waals surface area contributed by atoms with Crippen LogP contribution in [0.25, 0.3) is 0 Å². The lowest BCUT2D eigenvalue weighted by Crippen LogP contribution is -2.37. The van der Waals surface area contributed by atoms with Gasteiger partial charge in [0.15, 0.2) is 0 Å². The Balaban J connectivity index is 2.41. The van der Waals surface area contributed by atoms with E-state index >= 15 is 0 Å². The number of hydrogen-bond acceptors (Lipinski definition) is 3. The van der Waals surface area contributed by atoms with Crippen LogP contribution in [0.5, 0.6) is 0 Å². The van der Waals surface area contributed by atoms with Crippen molar-refractivity contribution >= 4 is 5.97 Å². The summed E-state index contributed by atoms with van der Waals surface area (Å²) in [6, 6.07) is -0.116. The van der Waals surface area contributed by atoms with Crippen LogP contribution in [-0.4, -0.2) is 37.1 Å². The predicted octanol–water partition coefficient (Wildman–Crippen LogP) is 0.420. The third-order valence-electron chi connectivity index (χ3n) is 1.94. The van der Waals surface area contributed by atoms with Crippen LogP contribution in [0, 0.1) is 0 Å². The number of nitrogens with zero attached hydrogens (tertiary/aromatic N) is 1. The number of esters is 1. The second kappa shape index (κ2) is 3.53. The molecule has 1 heterocycles. The van der Waals surface area contributed by atoms with Gasteiger partial charge in [0.05, 0.1) is 7.11 Å². The molecule has 3 nitrogen and oxygen atoms in total. The molecule has 0 bridgehead atoms. The van der Waals surface area contributed by atoms with E-state index in [1.165, 1.54) is 7.11 Å². The summed E-state index contributed by atoms with van der Waals surface area (Å²) in [7, 11) is 1.42. The van der Waals surface area contributed by atoms with Crippen molar-refractivity contribution in [1.82, 2.24) is 4.90 Å². The lowest BCUT2D eigenvalue weighted by molar-refractivity contribution is -0.145. The molecule has 0 amide bonds. The first-order chi connectivity index (χ1) is 5.25. The largest absolute Gasteiger partial charge is 0.468 e. The molecule has 1 aliphatic rings. The predicted molar refractivity (Wildman–Crippen MR) is 42.2 cm³/mol. The van der Waals surface area contributed by atoms with Crippen molar-refractivity contribution in [3.05, 3.63) is 12.2 Å². The molecular formula is C8H13NO2. The van der Waals surface area contributed by atoms with Crippen LogP contribution in [0.4, 0.5) is 0 Å². The van der Waals surface area contributed by atoms with Gasteiger partial charge in [-0.2, -0.15) is 0 Å². The van der Waals surface area contributed by atoms with Gasteiger partial charge in [-0.15, -0.1) is 0 Å². The topological polar surface area (TPSA) is 29.5 Å². The van der Waals surface area contributed by atoms with E-state index in [4.69, 9.17) is 0 Å². The van der Waals surface area contributed by atoms with Gasteiger partial charge in [0.2, 0.25) is 0 Å². The van der Waals surface area contributed by atoms with Gasteiger partial charge in [-0.1, -0.05) is 12.2 Å². The first-order valence-corrected chi connectivity index (χ1v) is 3.72. The van der Waals surface area contributed by atoms with Crippen LogP contribution in [0.1, 0.15) is 6.92 Å². The maximum Gasteiger partial charge on any atom is 0.322 e. The number of carbonyl (C=O) groups is 1. The lowest BCUT2D eigenvalue weighted by atomic mass is 10.3. The van der Waals surface area contributed by atoms with Gasteiger partial charge in [0, 0.05) is 13.1 Å². The molecule has 1 aliphatic heterocycles. The second-order valence-corrected chi connectivity index (χ2v) is 2.62. The van der Waals surface area contributed by atoms with Gasteiger partial charge in [-0.05, 0) is 6.92 Å². The van der Waals surface area contributed by atoms with E-state index in [2.05, 4.69) is 16.9 Å². The molecule has 0 fully saturated rings. The molecule has 1 rings (SSSR count). The molecule has 3 heteroatoms. The average molecular weight is 155 g/mol. The van der Waals surface area contributed by atoms with E-state index in [9.17, 15) is 4.79 Å². The maximum atomic E-state index is 11.0. The number of methoxy groups -OCH3 is 1. The lowest BCUT2D eigenvalue weighted by Gasteiger charge is -2.20. The van der Waals surface area contributed by atoms with Crippen LogP contribution in [0.15, 0.2) is 12.2 Å².